The third-order valence-electron chi connectivity index (χ3n) is 3.77. The van der Waals surface area contributed by atoms with E-state index in [1.54, 1.807) is 0 Å². The first-order chi connectivity index (χ1) is 11.1. The number of nitrogens with two attached hydrogens (primary N) is 1. The van der Waals surface area contributed by atoms with Crippen LogP contribution in [0.25, 0.3) is 11.1 Å². The van der Waals surface area contributed by atoms with Crippen LogP contribution in [0.5, 0.6) is 0 Å². The van der Waals surface area contributed by atoms with Crippen molar-refractivity contribution in [3.63, 3.8) is 0 Å². The van der Waals surface area contributed by atoms with E-state index in [4.69, 9.17) is 17.4 Å². The molecule has 4 nitrogen and oxygen atoms in total. The number of halogens is 1. The fourth-order valence-corrected chi connectivity index (χ4v) is 2.53. The van der Waals surface area contributed by atoms with E-state index >= 15 is 0 Å². The van der Waals surface area contributed by atoms with E-state index in [-0.39, 0.29) is 5.91 Å². The van der Waals surface area contributed by atoms with E-state index in [2.05, 4.69) is 5.43 Å². The highest BCUT2D eigenvalue weighted by Crippen LogP contribution is 2.25. The molecule has 0 aliphatic carbocycles. The number of hydrazine groups is 1. The molecule has 0 spiro atoms. The molecule has 0 aliphatic rings. The van der Waals surface area contributed by atoms with Gasteiger partial charge in [0.1, 0.15) is 0 Å². The fourth-order valence-electron chi connectivity index (χ4n) is 2.40. The van der Waals surface area contributed by atoms with Gasteiger partial charge >= 0.3 is 0 Å². The third-order valence-corrected chi connectivity index (χ3v) is 4.02. The summed E-state index contributed by atoms with van der Waals surface area (Å²) in [4.78, 5) is 11.0. The minimum absolute atomic E-state index is 0.174. The van der Waals surface area contributed by atoms with Crippen LogP contribution in [0.3, 0.4) is 0 Å². The topological polar surface area (TPSA) is 75.3 Å². The molecule has 5 heteroatoms. The molecular weight excluding hydrogens is 312 g/mol. The van der Waals surface area contributed by atoms with Crippen LogP contribution in [-0.2, 0) is 4.79 Å². The van der Waals surface area contributed by atoms with Gasteiger partial charge in [0.15, 0.2) is 0 Å². The summed E-state index contributed by atoms with van der Waals surface area (Å²) in [5.74, 6) is 4.84. The van der Waals surface area contributed by atoms with Gasteiger partial charge in [0.05, 0.1) is 6.10 Å². The number of carbonyl (C=O) groups excluding carboxylic acids is 1. The third kappa shape index (κ3) is 5.36. The lowest BCUT2D eigenvalue weighted by atomic mass is 9.99. The van der Waals surface area contributed by atoms with E-state index in [1.165, 1.54) is 0 Å². The second kappa shape index (κ2) is 8.67. The van der Waals surface area contributed by atoms with Crippen LogP contribution in [0, 0.1) is 0 Å². The summed E-state index contributed by atoms with van der Waals surface area (Å²) in [6.07, 6.45) is 1.98. The number of aliphatic hydroxyl groups excluding tert-OH is 1. The van der Waals surface area contributed by atoms with Gasteiger partial charge in [-0.1, -0.05) is 54.4 Å². The molecule has 1 atom stereocenters. The number of rotatable bonds is 7. The van der Waals surface area contributed by atoms with Gasteiger partial charge in [0.2, 0.25) is 5.91 Å². The zero-order chi connectivity index (χ0) is 16.7. The Morgan fingerprint density at radius 3 is 2.17 bits per heavy atom. The van der Waals surface area contributed by atoms with Crippen LogP contribution in [0.2, 0.25) is 5.02 Å². The summed E-state index contributed by atoms with van der Waals surface area (Å²) in [7, 11) is 0. The van der Waals surface area contributed by atoms with Gasteiger partial charge in [-0.15, -0.1) is 0 Å². The summed E-state index contributed by atoms with van der Waals surface area (Å²) in [6, 6.07) is 15.5. The van der Waals surface area contributed by atoms with E-state index in [0.717, 1.165) is 23.1 Å². The van der Waals surface area contributed by atoms with Gasteiger partial charge < -0.3 is 5.11 Å². The van der Waals surface area contributed by atoms with Crippen LogP contribution in [-0.4, -0.2) is 11.0 Å². The summed E-state index contributed by atoms with van der Waals surface area (Å²) < 4.78 is 0. The molecule has 0 aliphatic heterocycles. The van der Waals surface area contributed by atoms with Crippen LogP contribution in [0.1, 0.15) is 37.4 Å². The Morgan fingerprint density at radius 1 is 1.04 bits per heavy atom. The Bertz CT molecular complexity index is 626. The Kier molecular flexibility index (Phi) is 6.59. The minimum Gasteiger partial charge on any atom is -0.388 e. The molecule has 0 radical (unpaired) electrons. The summed E-state index contributed by atoms with van der Waals surface area (Å²) in [6.45, 7) is 0. The highest BCUT2D eigenvalue weighted by Gasteiger charge is 2.08. The molecule has 0 saturated carbocycles. The quantitative estimate of drug-likeness (QED) is 0.314. The summed E-state index contributed by atoms with van der Waals surface area (Å²) >= 11 is 5.89. The number of nitrogens with one attached hydrogen (secondary N) is 1. The molecule has 0 fully saturated rings. The molecule has 122 valence electrons. The average molecular weight is 333 g/mol. The van der Waals surface area contributed by atoms with Crippen molar-refractivity contribution < 1.29 is 9.90 Å². The monoisotopic (exact) mass is 332 g/mol. The standard InChI is InChI=1S/C18H21ClN2O2/c19-16-11-9-14(10-12-16)13-5-7-15(8-6-13)17(22)3-1-2-4-18(23)21-20/h5-12,17,22H,1-4,20H2,(H,21,23). The van der Waals surface area contributed by atoms with Crippen LogP contribution < -0.4 is 11.3 Å². The normalized spacial score (nSPS) is 12.0. The fraction of sp³-hybridized carbons (Fsp3) is 0.278. The molecule has 1 unspecified atom stereocenters. The molecule has 4 N–H and O–H groups in total. The molecule has 2 aromatic carbocycles. The Balaban J connectivity index is 1.88. The van der Waals surface area contributed by atoms with E-state index in [9.17, 15) is 9.90 Å². The molecule has 2 rings (SSSR count). The first-order valence-electron chi connectivity index (χ1n) is 7.63. The Labute approximate surface area is 141 Å². The lowest BCUT2D eigenvalue weighted by molar-refractivity contribution is -0.121. The first kappa shape index (κ1) is 17.5. The van der Waals surface area contributed by atoms with Crippen molar-refractivity contribution in [2.75, 3.05) is 0 Å². The summed E-state index contributed by atoms with van der Waals surface area (Å²) in [5, 5.41) is 10.9. The molecule has 0 saturated heterocycles. The van der Waals surface area contributed by atoms with E-state index in [0.29, 0.717) is 24.3 Å². The molecular formula is C18H21ClN2O2. The zero-order valence-corrected chi connectivity index (χ0v) is 13.6. The zero-order valence-electron chi connectivity index (χ0n) is 12.8. The largest absolute Gasteiger partial charge is 0.388 e. The van der Waals surface area contributed by atoms with Gasteiger partial charge in [0.25, 0.3) is 0 Å². The van der Waals surface area contributed by atoms with Crippen molar-refractivity contribution in [2.45, 2.75) is 31.8 Å². The second-order valence-corrected chi connectivity index (χ2v) is 5.89. The minimum atomic E-state index is -0.518. The number of amides is 1. The summed E-state index contributed by atoms with van der Waals surface area (Å²) in [5.41, 5.74) is 5.15. The highest BCUT2D eigenvalue weighted by atomic mass is 35.5. The Hall–Kier alpha value is -1.88. The average Bonchev–Trinajstić information content (AvgIpc) is 2.59. The lowest BCUT2D eigenvalue weighted by Gasteiger charge is -2.11. The predicted octanol–water partition coefficient (Wildman–Crippen LogP) is 3.59. The SMILES string of the molecule is NNC(=O)CCCCC(O)c1ccc(-c2ccc(Cl)cc2)cc1. The van der Waals surface area contributed by atoms with Crippen molar-refractivity contribution in [1.82, 2.24) is 5.43 Å². The molecule has 2 aromatic rings. The number of carbonyl (C=O) groups is 1. The van der Waals surface area contributed by atoms with Crippen LogP contribution >= 0.6 is 11.6 Å². The van der Waals surface area contributed by atoms with Crippen molar-refractivity contribution in [3.05, 3.63) is 59.1 Å². The van der Waals surface area contributed by atoms with E-state index in [1.807, 2.05) is 48.5 Å². The maximum absolute atomic E-state index is 11.0. The smallest absolute Gasteiger partial charge is 0.233 e. The molecule has 23 heavy (non-hydrogen) atoms. The highest BCUT2D eigenvalue weighted by molar-refractivity contribution is 6.30. The maximum atomic E-state index is 11.0. The second-order valence-electron chi connectivity index (χ2n) is 5.46. The number of hydrogen-bond donors (Lipinski definition) is 3. The van der Waals surface area contributed by atoms with Crippen molar-refractivity contribution in [2.24, 2.45) is 5.84 Å². The number of aliphatic hydroxyl groups is 1. The molecule has 0 aromatic heterocycles. The number of hydrogen-bond acceptors (Lipinski definition) is 3. The van der Waals surface area contributed by atoms with E-state index < -0.39 is 6.10 Å². The van der Waals surface area contributed by atoms with Gasteiger partial charge in [-0.2, -0.15) is 0 Å². The van der Waals surface area contributed by atoms with Crippen molar-refractivity contribution in [1.29, 1.82) is 0 Å². The number of unbranched alkanes of at least 4 members (excludes halogenated alkanes) is 1. The van der Waals surface area contributed by atoms with Gasteiger partial charge in [-0.3, -0.25) is 10.2 Å². The van der Waals surface area contributed by atoms with Gasteiger partial charge in [-0.25, -0.2) is 5.84 Å². The van der Waals surface area contributed by atoms with Gasteiger partial charge in [0, 0.05) is 11.4 Å². The predicted molar refractivity (Wildman–Crippen MR) is 92.6 cm³/mol. The van der Waals surface area contributed by atoms with Crippen molar-refractivity contribution >= 4 is 17.5 Å². The molecule has 0 heterocycles. The lowest BCUT2D eigenvalue weighted by Crippen LogP contribution is -2.29. The Morgan fingerprint density at radius 2 is 1.61 bits per heavy atom. The van der Waals surface area contributed by atoms with Crippen molar-refractivity contribution in [3.8, 4) is 11.1 Å². The molecule has 0 bridgehead atoms. The first-order valence-corrected chi connectivity index (χ1v) is 8.01. The van der Waals surface area contributed by atoms with Crippen LogP contribution in [0.15, 0.2) is 48.5 Å². The van der Waals surface area contributed by atoms with Gasteiger partial charge in [-0.05, 0) is 41.7 Å². The maximum Gasteiger partial charge on any atom is 0.233 e. The number of benzene rings is 2. The van der Waals surface area contributed by atoms with Crippen LogP contribution in [0.4, 0.5) is 0 Å². The molecule has 1 amide bonds.